The van der Waals surface area contributed by atoms with Crippen LogP contribution in [0.25, 0.3) is 11.1 Å². The molecule has 0 heterocycles. The average molecular weight is 240 g/mol. The molecule has 2 rings (SSSR count). The first kappa shape index (κ1) is 12.8. The van der Waals surface area contributed by atoms with Crippen LogP contribution in [0.1, 0.15) is 19.4 Å². The summed E-state index contributed by atoms with van der Waals surface area (Å²) in [6.45, 7) is 4.38. The third-order valence-corrected chi connectivity index (χ3v) is 3.17. The highest BCUT2D eigenvalue weighted by molar-refractivity contribution is 5.63. The summed E-state index contributed by atoms with van der Waals surface area (Å²) in [4.78, 5) is 0. The molecule has 2 aromatic carbocycles. The van der Waals surface area contributed by atoms with E-state index in [0.717, 1.165) is 6.42 Å². The highest BCUT2D eigenvalue weighted by Crippen LogP contribution is 2.24. The summed E-state index contributed by atoms with van der Waals surface area (Å²) in [5.41, 5.74) is 3.70. The summed E-state index contributed by atoms with van der Waals surface area (Å²) >= 11 is 0. The molecule has 0 aromatic heterocycles. The Morgan fingerprint density at radius 1 is 0.833 bits per heavy atom. The summed E-state index contributed by atoms with van der Waals surface area (Å²) in [5, 5.41) is 9.29. The fraction of sp³-hybridized carbons (Fsp3) is 0.294. The first-order chi connectivity index (χ1) is 8.61. The number of hydrogen-bond acceptors (Lipinski definition) is 1. The minimum atomic E-state index is -0.0474. The van der Waals surface area contributed by atoms with E-state index in [1.54, 1.807) is 0 Å². The Labute approximate surface area is 109 Å². The van der Waals surface area contributed by atoms with Gasteiger partial charge in [0.2, 0.25) is 0 Å². The smallest absolute Gasteiger partial charge is 0.0485 e. The lowest BCUT2D eigenvalue weighted by molar-refractivity contribution is 0.159. The van der Waals surface area contributed by atoms with E-state index < -0.39 is 0 Å². The molecule has 2 aromatic rings. The molecule has 0 aliphatic heterocycles. The Bertz CT molecular complexity index is 483. The zero-order chi connectivity index (χ0) is 13.0. The summed E-state index contributed by atoms with van der Waals surface area (Å²) in [5.74, 6) is 0. The maximum Gasteiger partial charge on any atom is 0.0485 e. The van der Waals surface area contributed by atoms with Gasteiger partial charge in [0, 0.05) is 6.61 Å². The summed E-state index contributed by atoms with van der Waals surface area (Å²) in [7, 11) is 0. The van der Waals surface area contributed by atoms with Crippen molar-refractivity contribution in [3.05, 3.63) is 60.2 Å². The van der Waals surface area contributed by atoms with Gasteiger partial charge in [-0.1, -0.05) is 68.4 Å². The minimum Gasteiger partial charge on any atom is -0.396 e. The van der Waals surface area contributed by atoms with E-state index in [1.807, 2.05) is 6.07 Å². The zero-order valence-corrected chi connectivity index (χ0v) is 11.1. The molecule has 0 unspecified atom stereocenters. The molecule has 0 spiro atoms. The van der Waals surface area contributed by atoms with Gasteiger partial charge >= 0.3 is 0 Å². The second kappa shape index (κ2) is 5.36. The SMILES string of the molecule is CC(C)(CO)Cc1ccc(-c2ccccc2)cc1. The number of hydrogen-bond donors (Lipinski definition) is 1. The molecular formula is C17H20O. The molecule has 0 atom stereocenters. The van der Waals surface area contributed by atoms with Gasteiger partial charge in [-0.15, -0.1) is 0 Å². The molecule has 0 saturated heterocycles. The van der Waals surface area contributed by atoms with Crippen molar-refractivity contribution in [1.82, 2.24) is 0 Å². The monoisotopic (exact) mass is 240 g/mol. The fourth-order valence-corrected chi connectivity index (χ4v) is 2.05. The van der Waals surface area contributed by atoms with E-state index in [4.69, 9.17) is 0 Å². The molecule has 0 fully saturated rings. The third-order valence-electron chi connectivity index (χ3n) is 3.17. The molecule has 1 heteroatoms. The second-order valence-electron chi connectivity index (χ2n) is 5.56. The van der Waals surface area contributed by atoms with Crippen LogP contribution in [0.4, 0.5) is 0 Å². The lowest BCUT2D eigenvalue weighted by atomic mass is 9.86. The Balaban J connectivity index is 2.16. The van der Waals surface area contributed by atoms with Crippen LogP contribution < -0.4 is 0 Å². The van der Waals surface area contributed by atoms with Crippen molar-refractivity contribution in [2.75, 3.05) is 6.61 Å². The van der Waals surface area contributed by atoms with Crippen LogP contribution in [0.3, 0.4) is 0 Å². The number of benzene rings is 2. The molecule has 94 valence electrons. The maximum absolute atomic E-state index is 9.29. The zero-order valence-electron chi connectivity index (χ0n) is 11.1. The molecule has 0 aliphatic rings. The molecule has 1 nitrogen and oxygen atoms in total. The van der Waals surface area contributed by atoms with Crippen molar-refractivity contribution in [3.63, 3.8) is 0 Å². The van der Waals surface area contributed by atoms with Gasteiger partial charge in [0.15, 0.2) is 0 Å². The third kappa shape index (κ3) is 3.21. The van der Waals surface area contributed by atoms with Gasteiger partial charge in [-0.3, -0.25) is 0 Å². The first-order valence-electron chi connectivity index (χ1n) is 6.36. The van der Waals surface area contributed by atoms with E-state index in [0.29, 0.717) is 0 Å². The van der Waals surface area contributed by atoms with Crippen LogP contribution in [0, 0.1) is 5.41 Å². The lowest BCUT2D eigenvalue weighted by Crippen LogP contribution is -2.19. The summed E-state index contributed by atoms with van der Waals surface area (Å²) in [6, 6.07) is 19.0. The predicted molar refractivity (Wildman–Crippen MR) is 76.4 cm³/mol. The van der Waals surface area contributed by atoms with E-state index in [2.05, 4.69) is 62.4 Å². The molecule has 0 amide bonds. The largest absolute Gasteiger partial charge is 0.396 e. The molecule has 0 bridgehead atoms. The Kier molecular flexibility index (Phi) is 3.83. The van der Waals surface area contributed by atoms with Gasteiger partial charge < -0.3 is 5.11 Å². The topological polar surface area (TPSA) is 20.2 Å². The summed E-state index contributed by atoms with van der Waals surface area (Å²) < 4.78 is 0. The fourth-order valence-electron chi connectivity index (χ4n) is 2.05. The maximum atomic E-state index is 9.29. The Morgan fingerprint density at radius 3 is 1.94 bits per heavy atom. The van der Waals surface area contributed by atoms with Gasteiger partial charge in [0.25, 0.3) is 0 Å². The molecule has 1 N–H and O–H groups in total. The Hall–Kier alpha value is -1.60. The minimum absolute atomic E-state index is 0.0474. The van der Waals surface area contributed by atoms with Crippen LogP contribution in [0.2, 0.25) is 0 Å². The number of aliphatic hydroxyl groups excluding tert-OH is 1. The summed E-state index contributed by atoms with van der Waals surface area (Å²) in [6.07, 6.45) is 0.901. The van der Waals surface area contributed by atoms with Crippen LogP contribution in [-0.2, 0) is 6.42 Å². The average Bonchev–Trinajstić information content (AvgIpc) is 2.40. The molecule has 0 saturated carbocycles. The lowest BCUT2D eigenvalue weighted by Gasteiger charge is -2.21. The Morgan fingerprint density at radius 2 is 1.39 bits per heavy atom. The molecule has 0 radical (unpaired) electrons. The van der Waals surface area contributed by atoms with Crippen LogP contribution in [0.15, 0.2) is 54.6 Å². The van der Waals surface area contributed by atoms with E-state index in [-0.39, 0.29) is 12.0 Å². The van der Waals surface area contributed by atoms with Crippen molar-refractivity contribution >= 4 is 0 Å². The molecule has 0 aliphatic carbocycles. The van der Waals surface area contributed by atoms with Gasteiger partial charge in [-0.05, 0) is 28.5 Å². The van der Waals surface area contributed by atoms with Gasteiger partial charge in [0.1, 0.15) is 0 Å². The number of aliphatic hydroxyl groups is 1. The first-order valence-corrected chi connectivity index (χ1v) is 6.36. The van der Waals surface area contributed by atoms with Crippen molar-refractivity contribution in [1.29, 1.82) is 0 Å². The highest BCUT2D eigenvalue weighted by Gasteiger charge is 2.16. The van der Waals surface area contributed by atoms with Gasteiger partial charge in [-0.2, -0.15) is 0 Å². The molecule has 18 heavy (non-hydrogen) atoms. The standard InChI is InChI=1S/C17H20O/c1-17(2,13-18)12-14-8-10-16(11-9-14)15-6-4-3-5-7-15/h3-11,18H,12-13H2,1-2H3. The molecular weight excluding hydrogens is 220 g/mol. The highest BCUT2D eigenvalue weighted by atomic mass is 16.3. The van der Waals surface area contributed by atoms with Gasteiger partial charge in [0.05, 0.1) is 0 Å². The van der Waals surface area contributed by atoms with Crippen LogP contribution in [0.5, 0.6) is 0 Å². The van der Waals surface area contributed by atoms with Crippen molar-refractivity contribution in [3.8, 4) is 11.1 Å². The van der Waals surface area contributed by atoms with Crippen molar-refractivity contribution in [2.24, 2.45) is 5.41 Å². The van der Waals surface area contributed by atoms with Crippen molar-refractivity contribution in [2.45, 2.75) is 20.3 Å². The van der Waals surface area contributed by atoms with Gasteiger partial charge in [-0.25, -0.2) is 0 Å². The van der Waals surface area contributed by atoms with Crippen LogP contribution >= 0.6 is 0 Å². The quantitative estimate of drug-likeness (QED) is 0.859. The van der Waals surface area contributed by atoms with Crippen molar-refractivity contribution < 1.29 is 5.11 Å². The number of rotatable bonds is 4. The van der Waals surface area contributed by atoms with E-state index >= 15 is 0 Å². The normalized spacial score (nSPS) is 11.5. The van der Waals surface area contributed by atoms with Crippen LogP contribution in [-0.4, -0.2) is 11.7 Å². The predicted octanol–water partition coefficient (Wildman–Crippen LogP) is 3.91. The second-order valence-corrected chi connectivity index (χ2v) is 5.56. The van der Waals surface area contributed by atoms with E-state index in [9.17, 15) is 5.11 Å². The van der Waals surface area contributed by atoms with E-state index in [1.165, 1.54) is 16.7 Å².